The molecule has 0 radical (unpaired) electrons. The first kappa shape index (κ1) is 19.3. The fraction of sp³-hybridized carbons (Fsp3) is 0.857. The van der Waals surface area contributed by atoms with Crippen LogP contribution in [0.5, 0.6) is 0 Å². The lowest BCUT2D eigenvalue weighted by molar-refractivity contribution is -0.126. The van der Waals surface area contributed by atoms with Crippen LogP contribution in [0.3, 0.4) is 0 Å². The minimum Gasteiger partial charge on any atom is -0.359 e. The van der Waals surface area contributed by atoms with Crippen molar-refractivity contribution in [2.24, 2.45) is 5.41 Å². The fourth-order valence-corrected chi connectivity index (χ4v) is 1.02. The summed E-state index contributed by atoms with van der Waals surface area (Å²) in [6.07, 6.45) is 2.72. The molecule has 0 aromatic heterocycles. The SMILES string of the molecule is CCC.CNC(=O)CCC(=O)NCCC(C)(C)C. The standard InChI is InChI=1S/C11H22N2O2.C3H8/c1-11(2,3)7-8-13-10(15)6-5-9(14)12-4;1-3-2/h5-8H2,1-4H3,(H,12,14)(H,13,15);3H2,1-2H3. The summed E-state index contributed by atoms with van der Waals surface area (Å²) in [5, 5.41) is 5.28. The van der Waals surface area contributed by atoms with E-state index in [1.165, 1.54) is 6.42 Å². The summed E-state index contributed by atoms with van der Waals surface area (Å²) in [7, 11) is 1.57. The van der Waals surface area contributed by atoms with Crippen molar-refractivity contribution in [1.82, 2.24) is 10.6 Å². The molecule has 18 heavy (non-hydrogen) atoms. The predicted octanol–water partition coefficient (Wildman–Crippen LogP) is 2.48. The van der Waals surface area contributed by atoms with E-state index in [0.29, 0.717) is 6.54 Å². The topological polar surface area (TPSA) is 58.2 Å². The van der Waals surface area contributed by atoms with Gasteiger partial charge in [-0.05, 0) is 11.8 Å². The zero-order valence-electron chi connectivity index (χ0n) is 12.9. The zero-order chi connectivity index (χ0) is 14.6. The highest BCUT2D eigenvalue weighted by molar-refractivity contribution is 5.83. The van der Waals surface area contributed by atoms with Crippen molar-refractivity contribution in [3.63, 3.8) is 0 Å². The monoisotopic (exact) mass is 258 g/mol. The number of hydrogen-bond donors (Lipinski definition) is 2. The Hall–Kier alpha value is -1.06. The third-order valence-corrected chi connectivity index (χ3v) is 2.06. The van der Waals surface area contributed by atoms with Crippen molar-refractivity contribution in [2.45, 2.75) is 60.3 Å². The molecule has 0 fully saturated rings. The average Bonchev–Trinajstić information content (AvgIpc) is 2.25. The van der Waals surface area contributed by atoms with Gasteiger partial charge in [0.1, 0.15) is 0 Å². The molecule has 2 N–H and O–H groups in total. The number of amides is 2. The highest BCUT2D eigenvalue weighted by atomic mass is 16.2. The molecule has 0 aromatic rings. The highest BCUT2D eigenvalue weighted by Gasteiger charge is 2.10. The second-order valence-electron chi connectivity index (χ2n) is 5.54. The number of carbonyl (C=O) groups is 2. The first-order valence-electron chi connectivity index (χ1n) is 6.74. The normalized spacial score (nSPS) is 10.1. The molecule has 0 heterocycles. The quantitative estimate of drug-likeness (QED) is 0.796. The van der Waals surface area contributed by atoms with Crippen LogP contribution in [0.1, 0.15) is 60.3 Å². The van der Waals surface area contributed by atoms with Gasteiger partial charge in [0.25, 0.3) is 0 Å². The summed E-state index contributed by atoms with van der Waals surface area (Å²) in [5.74, 6) is -0.149. The van der Waals surface area contributed by atoms with E-state index < -0.39 is 0 Å². The van der Waals surface area contributed by atoms with Crippen molar-refractivity contribution >= 4 is 11.8 Å². The Labute approximate surface area is 112 Å². The lowest BCUT2D eigenvalue weighted by Gasteiger charge is -2.17. The summed E-state index contributed by atoms with van der Waals surface area (Å²) in [6, 6.07) is 0. The molecular formula is C14H30N2O2. The first-order valence-corrected chi connectivity index (χ1v) is 6.74. The largest absolute Gasteiger partial charge is 0.359 e. The van der Waals surface area contributed by atoms with Crippen LogP contribution in [0.15, 0.2) is 0 Å². The molecule has 0 spiro atoms. The summed E-state index contributed by atoms with van der Waals surface area (Å²) in [5.41, 5.74) is 0.230. The number of hydrogen-bond acceptors (Lipinski definition) is 2. The molecule has 0 aliphatic rings. The minimum atomic E-state index is -0.0963. The van der Waals surface area contributed by atoms with E-state index in [1.54, 1.807) is 7.05 Å². The van der Waals surface area contributed by atoms with Crippen LogP contribution in [-0.2, 0) is 9.59 Å². The Morgan fingerprint density at radius 3 is 1.83 bits per heavy atom. The third-order valence-electron chi connectivity index (χ3n) is 2.06. The summed E-state index contributed by atoms with van der Waals surface area (Å²) >= 11 is 0. The van der Waals surface area contributed by atoms with E-state index in [9.17, 15) is 9.59 Å². The highest BCUT2D eigenvalue weighted by Crippen LogP contribution is 2.16. The van der Waals surface area contributed by atoms with E-state index in [1.807, 2.05) is 0 Å². The van der Waals surface area contributed by atoms with Gasteiger partial charge in [0.2, 0.25) is 11.8 Å². The van der Waals surface area contributed by atoms with E-state index in [2.05, 4.69) is 45.3 Å². The Kier molecular flexibility index (Phi) is 11.8. The molecule has 0 atom stereocenters. The van der Waals surface area contributed by atoms with Crippen LogP contribution in [-0.4, -0.2) is 25.4 Å². The molecule has 0 rings (SSSR count). The van der Waals surface area contributed by atoms with E-state index in [0.717, 1.165) is 6.42 Å². The molecule has 0 unspecified atom stereocenters. The second-order valence-corrected chi connectivity index (χ2v) is 5.54. The van der Waals surface area contributed by atoms with Crippen LogP contribution in [0.2, 0.25) is 0 Å². The van der Waals surface area contributed by atoms with Crippen LogP contribution in [0.4, 0.5) is 0 Å². The van der Waals surface area contributed by atoms with Gasteiger partial charge in [0.05, 0.1) is 0 Å². The summed E-state index contributed by atoms with van der Waals surface area (Å²) in [4.78, 5) is 22.1. The van der Waals surface area contributed by atoms with Gasteiger partial charge in [-0.2, -0.15) is 0 Å². The van der Waals surface area contributed by atoms with E-state index >= 15 is 0 Å². The van der Waals surface area contributed by atoms with Crippen LogP contribution in [0.25, 0.3) is 0 Å². The van der Waals surface area contributed by atoms with Crippen molar-refractivity contribution < 1.29 is 9.59 Å². The van der Waals surface area contributed by atoms with Gasteiger partial charge in [-0.15, -0.1) is 0 Å². The molecule has 2 amide bonds. The van der Waals surface area contributed by atoms with Crippen molar-refractivity contribution in [3.8, 4) is 0 Å². The van der Waals surface area contributed by atoms with Gasteiger partial charge < -0.3 is 10.6 Å². The lowest BCUT2D eigenvalue weighted by atomic mass is 9.92. The maximum absolute atomic E-state index is 11.3. The van der Waals surface area contributed by atoms with Crippen LogP contribution in [0, 0.1) is 5.41 Å². The van der Waals surface area contributed by atoms with Crippen molar-refractivity contribution in [1.29, 1.82) is 0 Å². The van der Waals surface area contributed by atoms with Gasteiger partial charge in [0, 0.05) is 26.4 Å². The molecule has 4 heteroatoms. The molecule has 0 bridgehead atoms. The fourth-order valence-electron chi connectivity index (χ4n) is 1.02. The first-order chi connectivity index (χ1) is 8.26. The Morgan fingerprint density at radius 1 is 1.00 bits per heavy atom. The summed E-state index contributed by atoms with van der Waals surface area (Å²) in [6.45, 7) is 11.3. The van der Waals surface area contributed by atoms with Crippen LogP contribution >= 0.6 is 0 Å². The smallest absolute Gasteiger partial charge is 0.220 e. The second kappa shape index (κ2) is 11.1. The van der Waals surface area contributed by atoms with Gasteiger partial charge in [-0.25, -0.2) is 0 Å². The number of nitrogens with one attached hydrogen (secondary N) is 2. The Morgan fingerprint density at radius 2 is 1.44 bits per heavy atom. The maximum Gasteiger partial charge on any atom is 0.220 e. The minimum absolute atomic E-state index is 0.0529. The van der Waals surface area contributed by atoms with Gasteiger partial charge in [-0.3, -0.25) is 9.59 Å². The number of carbonyl (C=O) groups excluding carboxylic acids is 2. The zero-order valence-corrected chi connectivity index (χ0v) is 12.9. The molecule has 0 aliphatic heterocycles. The Bertz CT molecular complexity index is 232. The molecule has 0 aliphatic carbocycles. The predicted molar refractivity (Wildman–Crippen MR) is 76.3 cm³/mol. The maximum atomic E-state index is 11.3. The summed E-state index contributed by atoms with van der Waals surface area (Å²) < 4.78 is 0. The molecule has 0 aromatic carbocycles. The molecule has 0 saturated heterocycles. The van der Waals surface area contributed by atoms with Crippen molar-refractivity contribution in [2.75, 3.05) is 13.6 Å². The molecule has 108 valence electrons. The molecule has 4 nitrogen and oxygen atoms in total. The third kappa shape index (κ3) is 17.3. The Balaban J connectivity index is 0. The number of rotatable bonds is 5. The van der Waals surface area contributed by atoms with Gasteiger partial charge in [-0.1, -0.05) is 41.0 Å². The van der Waals surface area contributed by atoms with Crippen molar-refractivity contribution in [3.05, 3.63) is 0 Å². The average molecular weight is 258 g/mol. The van der Waals surface area contributed by atoms with Gasteiger partial charge >= 0.3 is 0 Å². The lowest BCUT2D eigenvalue weighted by Crippen LogP contribution is -2.28. The molecular weight excluding hydrogens is 228 g/mol. The molecule has 0 saturated carbocycles. The van der Waals surface area contributed by atoms with E-state index in [-0.39, 0.29) is 30.1 Å². The van der Waals surface area contributed by atoms with Gasteiger partial charge in [0.15, 0.2) is 0 Å². The van der Waals surface area contributed by atoms with E-state index in [4.69, 9.17) is 0 Å². The van der Waals surface area contributed by atoms with Crippen LogP contribution < -0.4 is 10.6 Å².